The van der Waals surface area contributed by atoms with Crippen molar-refractivity contribution in [2.24, 2.45) is 0 Å². The van der Waals surface area contributed by atoms with Crippen LogP contribution in [0.2, 0.25) is 0 Å². The van der Waals surface area contributed by atoms with Crippen molar-refractivity contribution < 1.29 is 0 Å². The Bertz CT molecular complexity index is 549. The molecule has 0 saturated heterocycles. The first-order chi connectivity index (χ1) is 10.3. The van der Waals surface area contributed by atoms with Gasteiger partial charge in [0.25, 0.3) is 0 Å². The van der Waals surface area contributed by atoms with E-state index in [0.29, 0.717) is 5.11 Å². The van der Waals surface area contributed by atoms with Gasteiger partial charge in [-0.05, 0) is 54.9 Å². The lowest BCUT2D eigenvalue weighted by atomic mass is 10.1. The highest BCUT2D eigenvalue weighted by Gasteiger charge is 1.99. The highest BCUT2D eigenvalue weighted by molar-refractivity contribution is 7.80. The van der Waals surface area contributed by atoms with E-state index >= 15 is 0 Å². The highest BCUT2D eigenvalue weighted by Crippen LogP contribution is 2.13. The Morgan fingerprint density at radius 3 is 2.10 bits per heavy atom. The summed E-state index contributed by atoms with van der Waals surface area (Å²) in [5.41, 5.74) is 3.39. The normalized spacial score (nSPS) is 10.1. The van der Waals surface area contributed by atoms with E-state index < -0.39 is 0 Å². The molecule has 0 bridgehead atoms. The van der Waals surface area contributed by atoms with Crippen molar-refractivity contribution >= 4 is 28.7 Å². The first-order valence-corrected chi connectivity index (χ1v) is 7.91. The van der Waals surface area contributed by atoms with Crippen LogP contribution in [0.25, 0.3) is 0 Å². The van der Waals surface area contributed by atoms with E-state index in [-0.39, 0.29) is 0 Å². The van der Waals surface area contributed by atoms with Gasteiger partial charge in [-0.1, -0.05) is 50.1 Å². The number of rotatable bonds is 6. The van der Waals surface area contributed by atoms with Gasteiger partial charge in [0.05, 0.1) is 0 Å². The number of benzene rings is 2. The van der Waals surface area contributed by atoms with Crippen LogP contribution >= 0.6 is 12.2 Å². The third-order valence-corrected chi connectivity index (χ3v) is 3.52. The molecule has 0 amide bonds. The van der Waals surface area contributed by atoms with E-state index in [1.54, 1.807) is 0 Å². The molecule has 0 heterocycles. The molecule has 3 heteroatoms. The van der Waals surface area contributed by atoms with Crippen LogP contribution in [0, 0.1) is 0 Å². The summed E-state index contributed by atoms with van der Waals surface area (Å²) in [6, 6.07) is 18.4. The predicted octanol–water partition coefficient (Wildman–Crippen LogP) is 5.23. The number of thiocarbonyl (C=S) groups is 1. The number of hydrogen-bond acceptors (Lipinski definition) is 1. The molecule has 0 fully saturated rings. The number of hydrogen-bond donors (Lipinski definition) is 2. The molecule has 2 aromatic rings. The molecule has 2 rings (SSSR count). The summed E-state index contributed by atoms with van der Waals surface area (Å²) in [4.78, 5) is 0. The molecule has 0 atom stereocenters. The number of nitrogens with one attached hydrogen (secondary N) is 2. The lowest BCUT2D eigenvalue weighted by Crippen LogP contribution is -2.18. The molecule has 0 aliphatic rings. The predicted molar refractivity (Wildman–Crippen MR) is 96.0 cm³/mol. The third-order valence-electron chi connectivity index (χ3n) is 3.31. The molecule has 2 N–H and O–H groups in total. The van der Waals surface area contributed by atoms with Gasteiger partial charge in [-0.15, -0.1) is 0 Å². The SMILES string of the molecule is CCCCCc1ccc(NC(=S)Nc2ccccc2)cc1. The molecular weight excluding hydrogens is 276 g/mol. The maximum Gasteiger partial charge on any atom is 0.175 e. The second kappa shape index (κ2) is 8.42. The maximum absolute atomic E-state index is 5.31. The van der Waals surface area contributed by atoms with Crippen LogP contribution in [0.1, 0.15) is 31.7 Å². The van der Waals surface area contributed by atoms with E-state index in [4.69, 9.17) is 12.2 Å². The van der Waals surface area contributed by atoms with Gasteiger partial charge in [0.1, 0.15) is 0 Å². The zero-order valence-corrected chi connectivity index (χ0v) is 13.2. The molecule has 0 saturated carbocycles. The molecule has 0 aliphatic carbocycles. The van der Waals surface area contributed by atoms with E-state index in [0.717, 1.165) is 17.8 Å². The maximum atomic E-state index is 5.31. The number of para-hydroxylation sites is 1. The topological polar surface area (TPSA) is 24.1 Å². The Labute approximate surface area is 132 Å². The molecule has 0 unspecified atom stereocenters. The molecule has 110 valence electrons. The Hall–Kier alpha value is -1.87. The van der Waals surface area contributed by atoms with Gasteiger partial charge in [0.2, 0.25) is 0 Å². The number of unbranched alkanes of at least 4 members (excludes halogenated alkanes) is 2. The zero-order chi connectivity index (χ0) is 14.9. The molecule has 0 radical (unpaired) electrons. The molecular formula is C18H22N2S. The van der Waals surface area contributed by atoms with Crippen molar-refractivity contribution in [2.75, 3.05) is 10.6 Å². The second-order valence-electron chi connectivity index (χ2n) is 5.10. The van der Waals surface area contributed by atoms with Gasteiger partial charge in [0.15, 0.2) is 5.11 Å². The Morgan fingerprint density at radius 2 is 1.48 bits per heavy atom. The van der Waals surface area contributed by atoms with Crippen LogP contribution in [0.4, 0.5) is 11.4 Å². The lowest BCUT2D eigenvalue weighted by molar-refractivity contribution is 0.717. The summed E-state index contributed by atoms with van der Waals surface area (Å²) in [7, 11) is 0. The first-order valence-electron chi connectivity index (χ1n) is 7.50. The minimum absolute atomic E-state index is 0.611. The summed E-state index contributed by atoms with van der Waals surface area (Å²) in [5.74, 6) is 0. The first kappa shape index (κ1) is 15.5. The molecule has 2 aromatic carbocycles. The fourth-order valence-electron chi connectivity index (χ4n) is 2.15. The van der Waals surface area contributed by atoms with Gasteiger partial charge >= 0.3 is 0 Å². The zero-order valence-electron chi connectivity index (χ0n) is 12.4. The van der Waals surface area contributed by atoms with Crippen molar-refractivity contribution in [3.8, 4) is 0 Å². The summed E-state index contributed by atoms with van der Waals surface area (Å²) in [6.07, 6.45) is 4.97. The van der Waals surface area contributed by atoms with Crippen molar-refractivity contribution in [3.05, 3.63) is 60.2 Å². The van der Waals surface area contributed by atoms with Crippen molar-refractivity contribution in [1.29, 1.82) is 0 Å². The smallest absolute Gasteiger partial charge is 0.175 e. The summed E-state index contributed by atoms with van der Waals surface area (Å²) < 4.78 is 0. The fraction of sp³-hybridized carbons (Fsp3) is 0.278. The van der Waals surface area contributed by atoms with Crippen LogP contribution in [0.5, 0.6) is 0 Å². The monoisotopic (exact) mass is 298 g/mol. The van der Waals surface area contributed by atoms with Crippen LogP contribution in [0.15, 0.2) is 54.6 Å². The average Bonchev–Trinajstić information content (AvgIpc) is 2.50. The summed E-state index contributed by atoms with van der Waals surface area (Å²) in [5, 5.41) is 6.98. The Kier molecular flexibility index (Phi) is 6.22. The van der Waals surface area contributed by atoms with Gasteiger partial charge in [-0.2, -0.15) is 0 Å². The Morgan fingerprint density at radius 1 is 0.857 bits per heavy atom. The van der Waals surface area contributed by atoms with E-state index in [1.165, 1.54) is 24.8 Å². The van der Waals surface area contributed by atoms with E-state index in [2.05, 4.69) is 41.8 Å². The van der Waals surface area contributed by atoms with E-state index in [1.807, 2.05) is 30.3 Å². The quantitative estimate of drug-likeness (QED) is 0.564. The van der Waals surface area contributed by atoms with Crippen LogP contribution < -0.4 is 10.6 Å². The molecule has 0 aromatic heterocycles. The largest absolute Gasteiger partial charge is 0.332 e. The van der Waals surface area contributed by atoms with Crippen molar-refractivity contribution in [2.45, 2.75) is 32.6 Å². The standard InChI is InChI=1S/C18H22N2S/c1-2-3-5-8-15-11-13-17(14-12-15)20-18(21)19-16-9-6-4-7-10-16/h4,6-7,9-14H,2-3,5,8H2,1H3,(H2,19,20,21). The fourth-order valence-corrected chi connectivity index (χ4v) is 2.38. The molecule has 0 aliphatic heterocycles. The molecule has 21 heavy (non-hydrogen) atoms. The Balaban J connectivity index is 1.83. The molecule has 0 spiro atoms. The van der Waals surface area contributed by atoms with Crippen LogP contribution in [0.3, 0.4) is 0 Å². The van der Waals surface area contributed by atoms with Crippen molar-refractivity contribution in [1.82, 2.24) is 0 Å². The summed E-state index contributed by atoms with van der Waals surface area (Å²) in [6.45, 7) is 2.23. The average molecular weight is 298 g/mol. The highest BCUT2D eigenvalue weighted by atomic mass is 32.1. The van der Waals surface area contributed by atoms with Gasteiger partial charge < -0.3 is 10.6 Å². The van der Waals surface area contributed by atoms with Crippen LogP contribution in [-0.2, 0) is 6.42 Å². The van der Waals surface area contributed by atoms with Crippen LogP contribution in [-0.4, -0.2) is 5.11 Å². The minimum atomic E-state index is 0.611. The van der Waals surface area contributed by atoms with Gasteiger partial charge in [-0.25, -0.2) is 0 Å². The lowest BCUT2D eigenvalue weighted by Gasteiger charge is -2.11. The second-order valence-corrected chi connectivity index (χ2v) is 5.51. The van der Waals surface area contributed by atoms with E-state index in [9.17, 15) is 0 Å². The number of anilines is 2. The van der Waals surface area contributed by atoms with Gasteiger partial charge in [-0.3, -0.25) is 0 Å². The van der Waals surface area contributed by atoms with Crippen molar-refractivity contribution in [3.63, 3.8) is 0 Å². The third kappa shape index (κ3) is 5.56. The van der Waals surface area contributed by atoms with Gasteiger partial charge in [0, 0.05) is 11.4 Å². The number of aryl methyl sites for hydroxylation is 1. The summed E-state index contributed by atoms with van der Waals surface area (Å²) >= 11 is 5.31. The minimum Gasteiger partial charge on any atom is -0.332 e. The molecule has 2 nitrogen and oxygen atoms in total.